The number of carbonyl (C=O) groups excluding carboxylic acids is 1. The number of furan rings is 1. The van der Waals surface area contributed by atoms with Crippen molar-refractivity contribution in [1.29, 1.82) is 0 Å². The first-order valence-electron chi connectivity index (χ1n) is 8.44. The molecule has 1 unspecified atom stereocenters. The standard InChI is InChI=1S/C20H19F2NO2/c1-13-10-20(22,11-21)12-23(13)19(24)9-14-6-7-18-16(8-14)15-4-2-3-5-17(15)25-18/h2-8,13H,9-12H2,1H3/t13?,20-/m0/s1. The van der Waals surface area contributed by atoms with Crippen LogP contribution >= 0.6 is 0 Å². The fourth-order valence-electron chi connectivity index (χ4n) is 3.76. The van der Waals surface area contributed by atoms with Gasteiger partial charge in [0.05, 0.1) is 13.0 Å². The van der Waals surface area contributed by atoms with Gasteiger partial charge in [0.15, 0.2) is 5.67 Å². The van der Waals surface area contributed by atoms with Crippen molar-refractivity contribution in [1.82, 2.24) is 4.90 Å². The number of nitrogens with zero attached hydrogens (tertiary/aromatic N) is 1. The third-order valence-electron chi connectivity index (χ3n) is 5.00. The molecule has 1 aliphatic rings. The van der Waals surface area contributed by atoms with Crippen molar-refractivity contribution in [2.75, 3.05) is 13.2 Å². The van der Waals surface area contributed by atoms with E-state index in [0.29, 0.717) is 0 Å². The Morgan fingerprint density at radius 2 is 2.00 bits per heavy atom. The minimum Gasteiger partial charge on any atom is -0.456 e. The van der Waals surface area contributed by atoms with Gasteiger partial charge in [0.25, 0.3) is 0 Å². The summed E-state index contributed by atoms with van der Waals surface area (Å²) in [6, 6.07) is 13.1. The van der Waals surface area contributed by atoms with E-state index in [1.807, 2.05) is 42.5 Å². The van der Waals surface area contributed by atoms with Gasteiger partial charge in [0, 0.05) is 23.2 Å². The van der Waals surface area contributed by atoms with E-state index < -0.39 is 12.3 Å². The minimum atomic E-state index is -1.90. The quantitative estimate of drug-likeness (QED) is 0.705. The predicted octanol–water partition coefficient (Wildman–Crippen LogP) is 4.43. The number of likely N-dealkylation sites (tertiary alicyclic amines) is 1. The summed E-state index contributed by atoms with van der Waals surface area (Å²) in [4.78, 5) is 14.0. The third kappa shape index (κ3) is 2.77. The van der Waals surface area contributed by atoms with Gasteiger partial charge in [-0.25, -0.2) is 8.78 Å². The molecule has 1 aliphatic heterocycles. The number of carbonyl (C=O) groups is 1. The Hall–Kier alpha value is -2.43. The molecule has 3 nitrogen and oxygen atoms in total. The molecule has 0 saturated carbocycles. The molecule has 0 aliphatic carbocycles. The Kier molecular flexibility index (Phi) is 3.74. The molecule has 3 aromatic rings. The maximum atomic E-state index is 14.2. The maximum Gasteiger partial charge on any atom is 0.227 e. The van der Waals surface area contributed by atoms with Gasteiger partial charge in [-0.3, -0.25) is 4.79 Å². The van der Waals surface area contributed by atoms with Crippen LogP contribution < -0.4 is 0 Å². The van der Waals surface area contributed by atoms with E-state index in [9.17, 15) is 13.6 Å². The zero-order valence-electron chi connectivity index (χ0n) is 14.0. The summed E-state index contributed by atoms with van der Waals surface area (Å²) in [7, 11) is 0. The molecule has 4 rings (SSSR count). The van der Waals surface area contributed by atoms with Crippen LogP contribution in [-0.4, -0.2) is 35.7 Å². The lowest BCUT2D eigenvalue weighted by molar-refractivity contribution is -0.131. The second-order valence-corrected chi connectivity index (χ2v) is 6.96. The van der Waals surface area contributed by atoms with E-state index in [1.165, 1.54) is 4.90 Å². The average Bonchev–Trinajstić information content (AvgIpc) is 3.12. The molecule has 0 radical (unpaired) electrons. The number of hydrogen-bond acceptors (Lipinski definition) is 2. The van der Waals surface area contributed by atoms with Gasteiger partial charge in [-0.1, -0.05) is 24.3 Å². The van der Waals surface area contributed by atoms with Crippen molar-refractivity contribution >= 4 is 27.8 Å². The first-order chi connectivity index (χ1) is 12.0. The lowest BCUT2D eigenvalue weighted by atomic mass is 10.1. The van der Waals surface area contributed by atoms with E-state index >= 15 is 0 Å². The molecule has 1 saturated heterocycles. The summed E-state index contributed by atoms with van der Waals surface area (Å²) in [6.45, 7) is 0.552. The number of benzene rings is 2. The second kappa shape index (κ2) is 5.83. The molecule has 0 spiro atoms. The summed E-state index contributed by atoms with van der Waals surface area (Å²) in [5.41, 5.74) is 0.513. The second-order valence-electron chi connectivity index (χ2n) is 6.96. The smallest absolute Gasteiger partial charge is 0.227 e. The lowest BCUT2D eigenvalue weighted by Gasteiger charge is -2.21. The van der Waals surface area contributed by atoms with Crippen LogP contribution in [0.25, 0.3) is 21.9 Å². The topological polar surface area (TPSA) is 33.5 Å². The van der Waals surface area contributed by atoms with Gasteiger partial charge in [-0.2, -0.15) is 0 Å². The highest BCUT2D eigenvalue weighted by atomic mass is 19.2. The van der Waals surface area contributed by atoms with Gasteiger partial charge in [-0.15, -0.1) is 0 Å². The Labute approximate surface area is 144 Å². The van der Waals surface area contributed by atoms with Crippen LogP contribution in [0.5, 0.6) is 0 Å². The molecule has 2 heterocycles. The van der Waals surface area contributed by atoms with Crippen LogP contribution in [0.1, 0.15) is 18.9 Å². The minimum absolute atomic E-state index is 0.0562. The van der Waals surface area contributed by atoms with E-state index in [2.05, 4.69) is 0 Å². The summed E-state index contributed by atoms with van der Waals surface area (Å²) in [6.07, 6.45) is 0.225. The molecule has 5 heteroatoms. The summed E-state index contributed by atoms with van der Waals surface area (Å²) < 4.78 is 32.9. The molecule has 1 fully saturated rings. The molecule has 0 bridgehead atoms. The van der Waals surface area contributed by atoms with Crippen LogP contribution in [0.15, 0.2) is 46.9 Å². The third-order valence-corrected chi connectivity index (χ3v) is 5.00. The maximum absolute atomic E-state index is 14.2. The van der Waals surface area contributed by atoms with Crippen LogP contribution in [0.2, 0.25) is 0 Å². The van der Waals surface area contributed by atoms with Crippen LogP contribution in [0.4, 0.5) is 8.78 Å². The molecule has 0 N–H and O–H groups in total. The molecule has 1 aromatic heterocycles. The van der Waals surface area contributed by atoms with Crippen LogP contribution in [-0.2, 0) is 11.2 Å². The number of hydrogen-bond donors (Lipinski definition) is 0. The predicted molar refractivity (Wildman–Crippen MR) is 93.0 cm³/mol. The largest absolute Gasteiger partial charge is 0.456 e. The fourth-order valence-corrected chi connectivity index (χ4v) is 3.76. The highest BCUT2D eigenvalue weighted by Gasteiger charge is 2.44. The molecule has 130 valence electrons. The molecule has 25 heavy (non-hydrogen) atoms. The Morgan fingerprint density at radius 3 is 2.76 bits per heavy atom. The highest BCUT2D eigenvalue weighted by molar-refractivity contribution is 6.05. The van der Waals surface area contributed by atoms with Crippen molar-refractivity contribution in [3.63, 3.8) is 0 Å². The zero-order valence-corrected chi connectivity index (χ0v) is 14.0. The summed E-state index contributed by atoms with van der Waals surface area (Å²) in [5, 5.41) is 1.96. The molecular formula is C20H19F2NO2. The van der Waals surface area contributed by atoms with Crippen LogP contribution in [0, 0.1) is 0 Å². The zero-order chi connectivity index (χ0) is 17.6. The van der Waals surface area contributed by atoms with E-state index in [1.54, 1.807) is 6.92 Å². The van der Waals surface area contributed by atoms with E-state index in [-0.39, 0.29) is 31.3 Å². The van der Waals surface area contributed by atoms with Crippen molar-refractivity contribution < 1.29 is 18.0 Å². The Morgan fingerprint density at radius 1 is 1.24 bits per heavy atom. The number of amides is 1. The van der Waals surface area contributed by atoms with Crippen molar-refractivity contribution in [3.05, 3.63) is 48.0 Å². The van der Waals surface area contributed by atoms with Crippen LogP contribution in [0.3, 0.4) is 0 Å². The van der Waals surface area contributed by atoms with Gasteiger partial charge in [0.2, 0.25) is 5.91 Å². The van der Waals surface area contributed by atoms with Crippen molar-refractivity contribution in [2.24, 2.45) is 0 Å². The van der Waals surface area contributed by atoms with E-state index in [4.69, 9.17) is 4.42 Å². The first kappa shape index (κ1) is 16.1. The summed E-state index contributed by atoms with van der Waals surface area (Å²) >= 11 is 0. The number of rotatable bonds is 3. The number of fused-ring (bicyclic) bond motifs is 3. The lowest BCUT2D eigenvalue weighted by Crippen LogP contribution is -2.37. The van der Waals surface area contributed by atoms with E-state index in [0.717, 1.165) is 27.5 Å². The average molecular weight is 343 g/mol. The number of para-hydroxylation sites is 1. The normalized spacial score (nSPS) is 23.6. The number of halogens is 2. The van der Waals surface area contributed by atoms with Crippen molar-refractivity contribution in [2.45, 2.75) is 31.5 Å². The Balaban J connectivity index is 1.60. The molecule has 1 amide bonds. The molecule has 2 aromatic carbocycles. The van der Waals surface area contributed by atoms with Gasteiger partial charge in [0.1, 0.15) is 17.8 Å². The van der Waals surface area contributed by atoms with Gasteiger partial charge in [-0.05, 0) is 30.7 Å². The monoisotopic (exact) mass is 343 g/mol. The molecular weight excluding hydrogens is 324 g/mol. The van der Waals surface area contributed by atoms with Crippen molar-refractivity contribution in [3.8, 4) is 0 Å². The Bertz CT molecular complexity index is 951. The fraction of sp³-hybridized carbons (Fsp3) is 0.350. The SMILES string of the molecule is CC1C[C@](F)(CF)CN1C(=O)Cc1ccc2oc3ccccc3c2c1. The highest BCUT2D eigenvalue weighted by Crippen LogP contribution is 2.32. The molecule has 2 atom stereocenters. The summed E-state index contributed by atoms with van der Waals surface area (Å²) in [5.74, 6) is -0.173. The van der Waals surface area contributed by atoms with Gasteiger partial charge >= 0.3 is 0 Å². The van der Waals surface area contributed by atoms with Gasteiger partial charge < -0.3 is 9.32 Å². The number of alkyl halides is 2. The first-order valence-corrected chi connectivity index (χ1v) is 8.44.